The van der Waals surface area contributed by atoms with E-state index in [4.69, 9.17) is 9.05 Å². The average molecular weight is 182 g/mol. The van der Waals surface area contributed by atoms with Crippen LogP contribution in [-0.4, -0.2) is 37.3 Å². The van der Waals surface area contributed by atoms with Gasteiger partial charge in [0.25, 0.3) is 0 Å². The van der Waals surface area contributed by atoms with E-state index in [2.05, 4.69) is 4.74 Å². The first-order valence-electron chi connectivity index (χ1n) is 3.23. The molecule has 66 valence electrons. The van der Waals surface area contributed by atoms with Gasteiger partial charge in [0.15, 0.2) is 0 Å². The van der Waals surface area contributed by atoms with Crippen molar-refractivity contribution in [3.63, 3.8) is 0 Å². The van der Waals surface area contributed by atoms with Crippen LogP contribution in [0.1, 0.15) is 0 Å². The van der Waals surface area contributed by atoms with E-state index in [9.17, 15) is 9.69 Å². The molecule has 11 heavy (non-hydrogen) atoms. The Hall–Kier alpha value is -0.220. The maximum atomic E-state index is 10.7. The molecule has 0 aromatic heterocycles. The van der Waals surface area contributed by atoms with Crippen molar-refractivity contribution in [2.24, 2.45) is 0 Å². The van der Waals surface area contributed by atoms with Gasteiger partial charge in [-0.1, -0.05) is 0 Å². The van der Waals surface area contributed by atoms with Gasteiger partial charge in [-0.15, -0.1) is 0 Å². The summed E-state index contributed by atoms with van der Waals surface area (Å²) in [7, 11) is -1.89. The number of methoxy groups -OCH3 is 1. The van der Waals surface area contributed by atoms with E-state index < -0.39 is 13.9 Å². The molecule has 0 unspecified atom stereocenters. The standard InChI is InChI=1S/C5H11O5P/c1-8-5(6)4-11(7)9-2-3-10-11/h7,11H,2-4H2,1H3. The molecule has 0 atom stereocenters. The third-order valence-corrected chi connectivity index (χ3v) is 3.38. The summed E-state index contributed by atoms with van der Waals surface area (Å²) in [6.45, 7) is 0.722. The molecule has 0 radical (unpaired) electrons. The zero-order valence-corrected chi connectivity index (χ0v) is 7.20. The molecule has 0 amide bonds. The normalized spacial score (nSPS) is 24.5. The van der Waals surface area contributed by atoms with Crippen molar-refractivity contribution in [1.29, 1.82) is 0 Å². The number of hydrogen-bond donors (Lipinski definition) is 1. The quantitative estimate of drug-likeness (QED) is 0.469. The summed E-state index contributed by atoms with van der Waals surface area (Å²) in [6, 6.07) is 0. The fourth-order valence-electron chi connectivity index (χ4n) is 0.801. The zero-order chi connectivity index (χ0) is 8.32. The monoisotopic (exact) mass is 182 g/mol. The average Bonchev–Trinajstić information content (AvgIpc) is 2.36. The molecule has 6 heteroatoms. The summed E-state index contributed by atoms with van der Waals surface area (Å²) in [4.78, 5) is 20.1. The topological polar surface area (TPSA) is 65.0 Å². The summed E-state index contributed by atoms with van der Waals surface area (Å²) in [5.74, 6) is -0.499. The molecule has 0 bridgehead atoms. The minimum absolute atomic E-state index is 0.149. The Balaban J connectivity index is 2.39. The van der Waals surface area contributed by atoms with E-state index in [0.29, 0.717) is 13.2 Å². The van der Waals surface area contributed by atoms with E-state index in [-0.39, 0.29) is 6.16 Å². The number of carbonyl (C=O) groups is 1. The molecular weight excluding hydrogens is 171 g/mol. The second-order valence-corrected chi connectivity index (χ2v) is 4.52. The fraction of sp³-hybridized carbons (Fsp3) is 0.800. The molecule has 5 nitrogen and oxygen atoms in total. The SMILES string of the molecule is COC(=O)C[PH]1(O)OCCO1. The van der Waals surface area contributed by atoms with Crippen molar-refractivity contribution in [2.75, 3.05) is 26.5 Å². The first-order valence-corrected chi connectivity index (χ1v) is 5.20. The van der Waals surface area contributed by atoms with Gasteiger partial charge in [0, 0.05) is 0 Å². The molecule has 0 spiro atoms. The molecule has 1 aliphatic heterocycles. The van der Waals surface area contributed by atoms with Gasteiger partial charge in [0.2, 0.25) is 0 Å². The zero-order valence-electron chi connectivity index (χ0n) is 6.20. The molecule has 1 fully saturated rings. The molecule has 1 saturated heterocycles. The van der Waals surface area contributed by atoms with Crippen molar-refractivity contribution in [2.45, 2.75) is 0 Å². The molecule has 0 aliphatic carbocycles. The van der Waals surface area contributed by atoms with Gasteiger partial charge in [-0.3, -0.25) is 0 Å². The Kier molecular flexibility index (Phi) is 2.78. The number of hydrogen-bond acceptors (Lipinski definition) is 5. The van der Waals surface area contributed by atoms with Crippen LogP contribution in [0.4, 0.5) is 0 Å². The van der Waals surface area contributed by atoms with Crippen molar-refractivity contribution in [3.05, 3.63) is 0 Å². The predicted octanol–water partition coefficient (Wildman–Crippen LogP) is -0.307. The van der Waals surface area contributed by atoms with Gasteiger partial charge in [0.1, 0.15) is 0 Å². The van der Waals surface area contributed by atoms with Crippen LogP contribution >= 0.6 is 7.94 Å². The summed E-state index contributed by atoms with van der Waals surface area (Å²) in [5.41, 5.74) is 0. The van der Waals surface area contributed by atoms with Crippen molar-refractivity contribution >= 4 is 13.9 Å². The van der Waals surface area contributed by atoms with Crippen LogP contribution in [-0.2, 0) is 18.6 Å². The van der Waals surface area contributed by atoms with Crippen molar-refractivity contribution < 1.29 is 23.5 Å². The summed E-state index contributed by atoms with van der Waals surface area (Å²) < 4.78 is 14.1. The van der Waals surface area contributed by atoms with Gasteiger partial charge in [0.05, 0.1) is 0 Å². The maximum absolute atomic E-state index is 10.7. The van der Waals surface area contributed by atoms with E-state index in [1.54, 1.807) is 0 Å². The summed E-state index contributed by atoms with van der Waals surface area (Å²) >= 11 is 0. The van der Waals surface area contributed by atoms with Gasteiger partial charge in [-0.2, -0.15) is 0 Å². The number of esters is 1. The van der Waals surface area contributed by atoms with E-state index >= 15 is 0 Å². The Morgan fingerprint density at radius 1 is 1.64 bits per heavy atom. The number of ether oxygens (including phenoxy) is 1. The third kappa shape index (κ3) is 2.38. The number of rotatable bonds is 2. The van der Waals surface area contributed by atoms with Crippen LogP contribution in [0.5, 0.6) is 0 Å². The summed E-state index contributed by atoms with van der Waals surface area (Å²) in [6.07, 6.45) is -0.149. The van der Waals surface area contributed by atoms with Gasteiger partial charge in [-0.25, -0.2) is 0 Å². The Morgan fingerprint density at radius 2 is 2.18 bits per heavy atom. The van der Waals surface area contributed by atoms with Crippen molar-refractivity contribution in [1.82, 2.24) is 0 Å². The van der Waals surface area contributed by atoms with E-state index in [1.165, 1.54) is 7.11 Å². The molecule has 0 saturated carbocycles. The molecule has 0 aromatic rings. The molecular formula is C5H11O5P. The molecule has 1 aliphatic rings. The number of carbonyl (C=O) groups excluding carboxylic acids is 1. The van der Waals surface area contributed by atoms with Crippen molar-refractivity contribution in [3.8, 4) is 0 Å². The second kappa shape index (κ2) is 3.45. The predicted molar refractivity (Wildman–Crippen MR) is 39.3 cm³/mol. The van der Waals surface area contributed by atoms with Crippen LogP contribution < -0.4 is 0 Å². The Labute approximate surface area is 64.8 Å². The van der Waals surface area contributed by atoms with Crippen LogP contribution in [0.15, 0.2) is 0 Å². The van der Waals surface area contributed by atoms with Crippen LogP contribution in [0, 0.1) is 0 Å². The van der Waals surface area contributed by atoms with E-state index in [1.807, 2.05) is 0 Å². The van der Waals surface area contributed by atoms with Crippen LogP contribution in [0.2, 0.25) is 0 Å². The Bertz CT molecular complexity index is 153. The minimum atomic E-state index is -3.14. The molecule has 1 rings (SSSR count). The van der Waals surface area contributed by atoms with Crippen LogP contribution in [0.3, 0.4) is 0 Å². The first-order chi connectivity index (χ1) is 5.16. The first kappa shape index (κ1) is 8.87. The van der Waals surface area contributed by atoms with Crippen LogP contribution in [0.25, 0.3) is 0 Å². The third-order valence-electron chi connectivity index (χ3n) is 1.33. The van der Waals surface area contributed by atoms with Gasteiger partial charge < -0.3 is 0 Å². The fourth-order valence-corrected chi connectivity index (χ4v) is 2.40. The second-order valence-electron chi connectivity index (χ2n) is 2.16. The molecule has 1 N–H and O–H groups in total. The molecule has 0 aromatic carbocycles. The van der Waals surface area contributed by atoms with E-state index in [0.717, 1.165) is 0 Å². The molecule has 1 heterocycles. The summed E-state index contributed by atoms with van der Waals surface area (Å²) in [5, 5.41) is 0. The van der Waals surface area contributed by atoms with Gasteiger partial charge >= 0.3 is 63.9 Å². The van der Waals surface area contributed by atoms with Gasteiger partial charge in [-0.05, 0) is 0 Å². The Morgan fingerprint density at radius 3 is 2.64 bits per heavy atom.